The summed E-state index contributed by atoms with van der Waals surface area (Å²) in [5, 5.41) is 8.32. The minimum absolute atomic E-state index is 0.0682. The van der Waals surface area contributed by atoms with Gasteiger partial charge in [0.05, 0.1) is 6.42 Å². The first-order valence-corrected chi connectivity index (χ1v) is 3.59. The minimum Gasteiger partial charge on any atom is -0.481 e. The lowest BCUT2D eigenvalue weighted by molar-refractivity contribution is -0.137. The van der Waals surface area contributed by atoms with Gasteiger partial charge in [-0.2, -0.15) is 0 Å². The van der Waals surface area contributed by atoms with Crippen molar-refractivity contribution < 1.29 is 14.7 Å². The van der Waals surface area contributed by atoms with Crippen molar-refractivity contribution >= 4 is 11.9 Å². The molecule has 0 aromatic heterocycles. The molecule has 0 bridgehead atoms. The van der Waals surface area contributed by atoms with Crippen LogP contribution in [0.1, 0.15) is 13.3 Å². The first-order valence-electron chi connectivity index (χ1n) is 3.59. The zero-order chi connectivity index (χ0) is 9.56. The number of aliphatic carboxylic acids is 1. The van der Waals surface area contributed by atoms with Gasteiger partial charge in [-0.25, -0.2) is 0 Å². The van der Waals surface area contributed by atoms with E-state index in [0.29, 0.717) is 6.54 Å². The molecule has 0 radical (unpaired) electrons. The van der Waals surface area contributed by atoms with Crippen LogP contribution in [0.5, 0.6) is 0 Å². The number of hydrogen-bond donors (Lipinski definition) is 1. The lowest BCUT2D eigenvalue weighted by Crippen LogP contribution is -2.31. The van der Waals surface area contributed by atoms with Crippen LogP contribution in [-0.4, -0.2) is 35.0 Å². The highest BCUT2D eigenvalue weighted by Crippen LogP contribution is 1.91. The van der Waals surface area contributed by atoms with Gasteiger partial charge in [-0.15, -0.1) is 6.42 Å². The number of amides is 1. The third-order valence-electron chi connectivity index (χ3n) is 1.39. The number of carbonyl (C=O) groups excluding carboxylic acids is 1. The third kappa shape index (κ3) is 3.62. The summed E-state index contributed by atoms with van der Waals surface area (Å²) in [4.78, 5) is 22.3. The van der Waals surface area contributed by atoms with Gasteiger partial charge in [0, 0.05) is 13.1 Å². The zero-order valence-electron chi connectivity index (χ0n) is 6.91. The molecule has 0 aliphatic heterocycles. The van der Waals surface area contributed by atoms with Gasteiger partial charge in [0.25, 0.3) is 5.91 Å². The van der Waals surface area contributed by atoms with Crippen LogP contribution in [0.2, 0.25) is 0 Å². The number of nitrogens with zero attached hydrogens (tertiary/aromatic N) is 1. The fraction of sp³-hybridized carbons (Fsp3) is 0.500. The summed E-state index contributed by atoms with van der Waals surface area (Å²) >= 11 is 0. The molecule has 0 spiro atoms. The predicted octanol–water partition coefficient (Wildman–Crippen LogP) is -0.0572. The van der Waals surface area contributed by atoms with Crippen LogP contribution >= 0.6 is 0 Å². The quantitative estimate of drug-likeness (QED) is 0.600. The fourth-order valence-corrected chi connectivity index (χ4v) is 0.725. The Balaban J connectivity index is 3.93. The smallest absolute Gasteiger partial charge is 0.305 e. The second-order valence-corrected chi connectivity index (χ2v) is 2.17. The largest absolute Gasteiger partial charge is 0.481 e. The Morgan fingerprint density at radius 3 is 2.50 bits per heavy atom. The molecular weight excluding hydrogens is 158 g/mol. The van der Waals surface area contributed by atoms with Gasteiger partial charge in [-0.1, -0.05) is 0 Å². The molecule has 1 amide bonds. The van der Waals surface area contributed by atoms with Crippen molar-refractivity contribution in [1.82, 2.24) is 4.90 Å². The van der Waals surface area contributed by atoms with Crippen LogP contribution < -0.4 is 0 Å². The molecule has 0 heterocycles. The van der Waals surface area contributed by atoms with Crippen molar-refractivity contribution in [1.29, 1.82) is 0 Å². The van der Waals surface area contributed by atoms with E-state index in [-0.39, 0.29) is 13.0 Å². The Hall–Kier alpha value is -1.50. The van der Waals surface area contributed by atoms with Crippen LogP contribution in [0.25, 0.3) is 0 Å². The molecule has 0 rings (SSSR count). The van der Waals surface area contributed by atoms with Gasteiger partial charge >= 0.3 is 5.97 Å². The van der Waals surface area contributed by atoms with E-state index in [4.69, 9.17) is 11.5 Å². The Morgan fingerprint density at radius 2 is 2.17 bits per heavy atom. The molecule has 1 N–H and O–H groups in total. The van der Waals surface area contributed by atoms with Gasteiger partial charge in [0.2, 0.25) is 0 Å². The molecule has 0 saturated heterocycles. The van der Waals surface area contributed by atoms with E-state index in [0.717, 1.165) is 0 Å². The number of hydrogen-bond acceptors (Lipinski definition) is 2. The highest BCUT2D eigenvalue weighted by atomic mass is 16.4. The molecule has 0 aliphatic rings. The summed E-state index contributed by atoms with van der Waals surface area (Å²) in [6.07, 6.45) is 4.80. The lowest BCUT2D eigenvalue weighted by atomic mass is 10.3. The van der Waals surface area contributed by atoms with Crippen molar-refractivity contribution in [3.63, 3.8) is 0 Å². The highest BCUT2D eigenvalue weighted by molar-refractivity contribution is 5.93. The maximum Gasteiger partial charge on any atom is 0.305 e. The molecule has 0 atom stereocenters. The van der Waals surface area contributed by atoms with E-state index < -0.39 is 11.9 Å². The highest BCUT2D eigenvalue weighted by Gasteiger charge is 2.09. The molecule has 4 heteroatoms. The maximum atomic E-state index is 10.9. The molecular formula is C8H11NO3. The molecule has 66 valence electrons. The monoisotopic (exact) mass is 169 g/mol. The van der Waals surface area contributed by atoms with Crippen LogP contribution in [0.3, 0.4) is 0 Å². The van der Waals surface area contributed by atoms with Crippen molar-refractivity contribution in [3.05, 3.63) is 0 Å². The summed E-state index contributed by atoms with van der Waals surface area (Å²) in [6, 6.07) is 0. The van der Waals surface area contributed by atoms with Gasteiger partial charge in [0.1, 0.15) is 0 Å². The van der Waals surface area contributed by atoms with Crippen molar-refractivity contribution in [2.24, 2.45) is 0 Å². The molecule has 0 saturated carbocycles. The Morgan fingerprint density at radius 1 is 1.58 bits per heavy atom. The second-order valence-electron chi connectivity index (χ2n) is 2.17. The summed E-state index contributed by atoms with van der Waals surface area (Å²) in [6.45, 7) is 2.36. The van der Waals surface area contributed by atoms with Gasteiger partial charge < -0.3 is 10.0 Å². The van der Waals surface area contributed by atoms with E-state index in [2.05, 4.69) is 0 Å². The molecule has 0 aromatic rings. The molecule has 0 fully saturated rings. The summed E-state index contributed by atoms with van der Waals surface area (Å²) in [5.74, 6) is 0.542. The molecule has 12 heavy (non-hydrogen) atoms. The molecule has 4 nitrogen and oxygen atoms in total. The van der Waals surface area contributed by atoms with Gasteiger partial charge in [0.15, 0.2) is 0 Å². The van der Waals surface area contributed by atoms with Crippen LogP contribution in [0.15, 0.2) is 0 Å². The third-order valence-corrected chi connectivity index (χ3v) is 1.39. The van der Waals surface area contributed by atoms with Crippen LogP contribution in [0.4, 0.5) is 0 Å². The Bertz CT molecular complexity index is 217. The number of carboxylic acids is 1. The number of carboxylic acid groups (broad SMARTS) is 1. The first kappa shape index (κ1) is 10.5. The second kappa shape index (κ2) is 5.19. The Kier molecular flexibility index (Phi) is 4.54. The summed E-state index contributed by atoms with van der Waals surface area (Å²) in [5.41, 5.74) is 0. The molecule has 0 unspecified atom stereocenters. The SMILES string of the molecule is C#CC(=O)N(CC)CCC(=O)O. The zero-order valence-corrected chi connectivity index (χ0v) is 6.91. The number of carbonyl (C=O) groups is 2. The molecule has 0 aromatic carbocycles. The standard InChI is InChI=1S/C8H11NO3/c1-3-7(10)9(4-2)6-5-8(11)12/h1H,4-6H2,2H3,(H,11,12). The van der Waals surface area contributed by atoms with Crippen molar-refractivity contribution in [2.45, 2.75) is 13.3 Å². The maximum absolute atomic E-state index is 10.9. The van der Waals surface area contributed by atoms with Crippen molar-refractivity contribution in [3.8, 4) is 12.3 Å². The molecule has 0 aliphatic carbocycles. The average Bonchev–Trinajstić information content (AvgIpc) is 2.04. The van der Waals surface area contributed by atoms with E-state index in [1.807, 2.05) is 5.92 Å². The normalized spacial score (nSPS) is 8.67. The summed E-state index contributed by atoms with van der Waals surface area (Å²) < 4.78 is 0. The number of terminal acetylenes is 1. The van der Waals surface area contributed by atoms with E-state index in [1.54, 1.807) is 6.92 Å². The van der Waals surface area contributed by atoms with E-state index >= 15 is 0 Å². The fourth-order valence-electron chi connectivity index (χ4n) is 0.725. The van der Waals surface area contributed by atoms with Gasteiger partial charge in [-0.3, -0.25) is 9.59 Å². The number of rotatable bonds is 4. The Labute approximate surface area is 71.2 Å². The van der Waals surface area contributed by atoms with E-state index in [1.165, 1.54) is 4.90 Å². The van der Waals surface area contributed by atoms with Crippen LogP contribution in [-0.2, 0) is 9.59 Å². The summed E-state index contributed by atoms with van der Waals surface area (Å²) in [7, 11) is 0. The average molecular weight is 169 g/mol. The van der Waals surface area contributed by atoms with Crippen molar-refractivity contribution in [2.75, 3.05) is 13.1 Å². The first-order chi connectivity index (χ1) is 5.61. The minimum atomic E-state index is -0.932. The topological polar surface area (TPSA) is 57.6 Å². The van der Waals surface area contributed by atoms with Crippen LogP contribution in [0, 0.1) is 12.3 Å². The lowest BCUT2D eigenvalue weighted by Gasteiger charge is -2.15. The van der Waals surface area contributed by atoms with Gasteiger partial charge in [-0.05, 0) is 12.8 Å². The predicted molar refractivity (Wildman–Crippen MR) is 43.3 cm³/mol. The van der Waals surface area contributed by atoms with E-state index in [9.17, 15) is 9.59 Å².